The maximum Gasteiger partial charge on any atom is 0.0599 e. The lowest BCUT2D eigenvalue weighted by Gasteiger charge is -2.32. The Hall–Kier alpha value is -0.900. The molecule has 1 heterocycles. The molecule has 1 aromatic rings. The number of ether oxygens (including phenoxy) is 1. The van der Waals surface area contributed by atoms with Crippen LogP contribution in [0, 0.1) is 0 Å². The third-order valence-electron chi connectivity index (χ3n) is 3.89. The molecule has 0 atom stereocenters. The third-order valence-corrected chi connectivity index (χ3v) is 3.89. The number of rotatable bonds is 7. The van der Waals surface area contributed by atoms with Gasteiger partial charge in [-0.1, -0.05) is 30.3 Å². The summed E-state index contributed by atoms with van der Waals surface area (Å²) in [5.74, 6) is 0. The molecule has 3 heteroatoms. The van der Waals surface area contributed by atoms with Crippen molar-refractivity contribution in [1.82, 2.24) is 9.80 Å². The van der Waals surface area contributed by atoms with E-state index in [0.29, 0.717) is 6.10 Å². The lowest BCUT2D eigenvalue weighted by molar-refractivity contribution is 0.00336. The van der Waals surface area contributed by atoms with Crippen LogP contribution in [-0.4, -0.2) is 56.2 Å². The molecule has 3 nitrogen and oxygen atoms in total. The van der Waals surface area contributed by atoms with Crippen molar-refractivity contribution in [3.8, 4) is 0 Å². The van der Waals surface area contributed by atoms with Gasteiger partial charge in [-0.05, 0) is 45.5 Å². The van der Waals surface area contributed by atoms with Gasteiger partial charge in [0, 0.05) is 26.2 Å². The average molecular weight is 276 g/mol. The maximum absolute atomic E-state index is 5.98. The molecule has 0 aromatic heterocycles. The topological polar surface area (TPSA) is 15.7 Å². The van der Waals surface area contributed by atoms with Crippen LogP contribution in [0.1, 0.15) is 24.8 Å². The Morgan fingerprint density at radius 2 is 1.85 bits per heavy atom. The van der Waals surface area contributed by atoms with Gasteiger partial charge < -0.3 is 9.64 Å². The van der Waals surface area contributed by atoms with Crippen molar-refractivity contribution < 1.29 is 4.74 Å². The average Bonchev–Trinajstić information content (AvgIpc) is 2.46. The van der Waals surface area contributed by atoms with Crippen molar-refractivity contribution in [2.45, 2.75) is 31.9 Å². The summed E-state index contributed by atoms with van der Waals surface area (Å²) in [6.45, 7) is 5.42. The van der Waals surface area contributed by atoms with Gasteiger partial charge in [0.1, 0.15) is 0 Å². The van der Waals surface area contributed by atoms with Crippen molar-refractivity contribution in [2.24, 2.45) is 0 Å². The molecule has 0 unspecified atom stereocenters. The van der Waals surface area contributed by atoms with Crippen LogP contribution in [0.2, 0.25) is 0 Å². The predicted octanol–water partition coefficient (Wildman–Crippen LogP) is 2.62. The second-order valence-electron chi connectivity index (χ2n) is 5.99. The largest absolute Gasteiger partial charge is 0.378 e. The SMILES string of the molecule is CN(C)CCCOC1CCN(Cc2ccccc2)CC1. The fraction of sp³-hybridized carbons (Fsp3) is 0.647. The smallest absolute Gasteiger partial charge is 0.0599 e. The second kappa shape index (κ2) is 8.40. The van der Waals surface area contributed by atoms with E-state index in [1.807, 2.05) is 0 Å². The molecule has 0 bridgehead atoms. The summed E-state index contributed by atoms with van der Waals surface area (Å²) >= 11 is 0. The molecule has 0 spiro atoms. The Bertz CT molecular complexity index is 359. The Morgan fingerprint density at radius 3 is 2.50 bits per heavy atom. The van der Waals surface area contributed by atoms with Gasteiger partial charge in [0.25, 0.3) is 0 Å². The zero-order chi connectivity index (χ0) is 14.2. The van der Waals surface area contributed by atoms with E-state index in [4.69, 9.17) is 4.74 Å². The number of piperidine rings is 1. The minimum atomic E-state index is 0.476. The van der Waals surface area contributed by atoms with E-state index in [1.54, 1.807) is 0 Å². The van der Waals surface area contributed by atoms with E-state index in [-0.39, 0.29) is 0 Å². The summed E-state index contributed by atoms with van der Waals surface area (Å²) in [5.41, 5.74) is 1.41. The van der Waals surface area contributed by atoms with Crippen LogP contribution in [0.15, 0.2) is 30.3 Å². The van der Waals surface area contributed by atoms with Gasteiger partial charge >= 0.3 is 0 Å². The van der Waals surface area contributed by atoms with Crippen molar-refractivity contribution >= 4 is 0 Å². The number of nitrogens with zero attached hydrogens (tertiary/aromatic N) is 2. The monoisotopic (exact) mass is 276 g/mol. The van der Waals surface area contributed by atoms with Crippen LogP contribution in [-0.2, 0) is 11.3 Å². The third kappa shape index (κ3) is 5.61. The van der Waals surface area contributed by atoms with Crippen LogP contribution >= 0.6 is 0 Å². The summed E-state index contributed by atoms with van der Waals surface area (Å²) in [6.07, 6.45) is 3.96. The molecular formula is C17H28N2O. The summed E-state index contributed by atoms with van der Waals surface area (Å²) in [7, 11) is 4.23. The molecule has 0 aliphatic carbocycles. The van der Waals surface area contributed by atoms with Gasteiger partial charge in [0.15, 0.2) is 0 Å². The summed E-state index contributed by atoms with van der Waals surface area (Å²) in [4.78, 5) is 4.75. The molecule has 1 saturated heterocycles. The molecule has 1 aliphatic heterocycles. The van der Waals surface area contributed by atoms with Gasteiger partial charge in [0.2, 0.25) is 0 Å². The van der Waals surface area contributed by atoms with Crippen molar-refractivity contribution in [1.29, 1.82) is 0 Å². The molecule has 2 rings (SSSR count). The van der Waals surface area contributed by atoms with Crippen LogP contribution < -0.4 is 0 Å². The number of benzene rings is 1. The van der Waals surface area contributed by atoms with Crippen LogP contribution in [0.4, 0.5) is 0 Å². The Labute approximate surface area is 123 Å². The predicted molar refractivity (Wildman–Crippen MR) is 83.9 cm³/mol. The number of likely N-dealkylation sites (tertiary alicyclic amines) is 1. The first-order valence-electron chi connectivity index (χ1n) is 7.76. The van der Waals surface area contributed by atoms with E-state index >= 15 is 0 Å². The normalized spacial score (nSPS) is 17.8. The standard InChI is InChI=1S/C17H28N2O/c1-18(2)11-6-14-20-17-9-12-19(13-10-17)15-16-7-4-3-5-8-16/h3-5,7-8,17H,6,9-15H2,1-2H3. The minimum Gasteiger partial charge on any atom is -0.378 e. The van der Waals surface area contributed by atoms with Crippen LogP contribution in [0.5, 0.6) is 0 Å². The summed E-state index contributed by atoms with van der Waals surface area (Å²) in [6, 6.07) is 10.7. The molecule has 1 aromatic carbocycles. The lowest BCUT2D eigenvalue weighted by Crippen LogP contribution is -2.36. The first-order chi connectivity index (χ1) is 9.74. The fourth-order valence-electron chi connectivity index (χ4n) is 2.71. The first-order valence-corrected chi connectivity index (χ1v) is 7.76. The Morgan fingerprint density at radius 1 is 1.15 bits per heavy atom. The lowest BCUT2D eigenvalue weighted by atomic mass is 10.1. The maximum atomic E-state index is 5.98. The molecule has 112 valence electrons. The van der Waals surface area contributed by atoms with Crippen molar-refractivity contribution in [3.05, 3.63) is 35.9 Å². The zero-order valence-corrected chi connectivity index (χ0v) is 12.9. The zero-order valence-electron chi connectivity index (χ0n) is 12.9. The van der Waals surface area contributed by atoms with E-state index in [0.717, 1.165) is 39.2 Å². The van der Waals surface area contributed by atoms with Crippen LogP contribution in [0.3, 0.4) is 0 Å². The van der Waals surface area contributed by atoms with Crippen LogP contribution in [0.25, 0.3) is 0 Å². The molecule has 1 aliphatic rings. The second-order valence-corrected chi connectivity index (χ2v) is 5.99. The highest BCUT2D eigenvalue weighted by Gasteiger charge is 2.19. The first kappa shape index (κ1) is 15.5. The highest BCUT2D eigenvalue weighted by atomic mass is 16.5. The van der Waals surface area contributed by atoms with E-state index in [1.165, 1.54) is 18.4 Å². The van der Waals surface area contributed by atoms with E-state index in [2.05, 4.69) is 54.2 Å². The van der Waals surface area contributed by atoms with Gasteiger partial charge in [0.05, 0.1) is 6.10 Å². The quantitative estimate of drug-likeness (QED) is 0.712. The molecule has 0 saturated carbocycles. The minimum absolute atomic E-state index is 0.476. The van der Waals surface area contributed by atoms with Crippen molar-refractivity contribution in [2.75, 3.05) is 40.3 Å². The van der Waals surface area contributed by atoms with Gasteiger partial charge in [-0.2, -0.15) is 0 Å². The molecule has 1 fully saturated rings. The molecule has 0 N–H and O–H groups in total. The molecular weight excluding hydrogens is 248 g/mol. The van der Waals surface area contributed by atoms with E-state index < -0.39 is 0 Å². The van der Waals surface area contributed by atoms with Gasteiger partial charge in [-0.15, -0.1) is 0 Å². The van der Waals surface area contributed by atoms with Gasteiger partial charge in [-0.3, -0.25) is 4.90 Å². The highest BCUT2D eigenvalue weighted by molar-refractivity contribution is 5.14. The highest BCUT2D eigenvalue weighted by Crippen LogP contribution is 2.16. The summed E-state index contributed by atoms with van der Waals surface area (Å²) in [5, 5.41) is 0. The molecule has 0 amide bonds. The van der Waals surface area contributed by atoms with Crippen molar-refractivity contribution in [3.63, 3.8) is 0 Å². The molecule has 0 radical (unpaired) electrons. The number of hydrogen-bond donors (Lipinski definition) is 0. The number of hydrogen-bond acceptors (Lipinski definition) is 3. The Kier molecular flexibility index (Phi) is 6.51. The van der Waals surface area contributed by atoms with Gasteiger partial charge in [-0.25, -0.2) is 0 Å². The van der Waals surface area contributed by atoms with E-state index in [9.17, 15) is 0 Å². The Balaban J connectivity index is 1.60. The fourth-order valence-corrected chi connectivity index (χ4v) is 2.71. The summed E-state index contributed by atoms with van der Waals surface area (Å²) < 4.78 is 5.98. The molecule has 20 heavy (non-hydrogen) atoms.